The molecule has 1 heterocycles. The number of benzene rings is 1. The maximum atomic E-state index is 13.9. The molecule has 1 atom stereocenters. The smallest absolute Gasteiger partial charge is 0.336 e. The zero-order valence-corrected chi connectivity index (χ0v) is 15.6. The van der Waals surface area contributed by atoms with Crippen molar-refractivity contribution in [3.8, 4) is 0 Å². The number of halogens is 1. The van der Waals surface area contributed by atoms with Crippen LogP contribution in [-0.2, 0) is 19.1 Å². The van der Waals surface area contributed by atoms with E-state index in [4.69, 9.17) is 9.47 Å². The molecule has 0 bridgehead atoms. The minimum Gasteiger partial charge on any atom is -0.460 e. The Balaban J connectivity index is 1.99. The SMILES string of the molecule is CCOCCOC(=O)C1=C(C)NC2=C(C(=O)CCC2)C1c1cccc(F)c1. The van der Waals surface area contributed by atoms with Crippen molar-refractivity contribution in [3.05, 3.63) is 58.2 Å². The lowest BCUT2D eigenvalue weighted by Gasteiger charge is -2.34. The van der Waals surface area contributed by atoms with Crippen molar-refractivity contribution >= 4 is 11.8 Å². The molecule has 1 N–H and O–H groups in total. The zero-order valence-electron chi connectivity index (χ0n) is 15.6. The minimum atomic E-state index is -0.621. The standard InChI is InChI=1S/C21H24FNO4/c1-3-26-10-11-27-21(25)18-13(2)23-16-8-5-9-17(24)20(16)19(18)14-6-4-7-15(22)12-14/h4,6-7,12,19,23H,3,5,8-11H2,1-2H3. The van der Waals surface area contributed by atoms with Crippen LogP contribution in [0.5, 0.6) is 0 Å². The number of ether oxygens (including phenoxy) is 2. The molecule has 0 saturated heterocycles. The van der Waals surface area contributed by atoms with Crippen molar-refractivity contribution in [3.63, 3.8) is 0 Å². The Bertz CT molecular complexity index is 812. The first-order valence-corrected chi connectivity index (χ1v) is 9.27. The number of carbonyl (C=O) groups is 2. The second-order valence-electron chi connectivity index (χ2n) is 6.65. The van der Waals surface area contributed by atoms with Crippen molar-refractivity contribution in [1.29, 1.82) is 0 Å². The highest BCUT2D eigenvalue weighted by atomic mass is 19.1. The number of nitrogens with one attached hydrogen (secondary N) is 1. The van der Waals surface area contributed by atoms with Gasteiger partial charge in [0, 0.05) is 35.9 Å². The maximum Gasteiger partial charge on any atom is 0.336 e. The molecule has 144 valence electrons. The molecule has 0 saturated carbocycles. The van der Waals surface area contributed by atoms with E-state index in [9.17, 15) is 14.0 Å². The predicted molar refractivity (Wildman–Crippen MR) is 98.3 cm³/mol. The normalized spacial score (nSPS) is 19.7. The van der Waals surface area contributed by atoms with Crippen LogP contribution in [-0.4, -0.2) is 31.6 Å². The van der Waals surface area contributed by atoms with Crippen LogP contribution in [0.3, 0.4) is 0 Å². The first kappa shape index (κ1) is 19.3. The molecule has 1 aliphatic heterocycles. The molecule has 3 rings (SSSR count). The third-order valence-corrected chi connectivity index (χ3v) is 4.84. The number of carbonyl (C=O) groups excluding carboxylic acids is 2. The first-order chi connectivity index (χ1) is 13.0. The number of ketones is 1. The summed E-state index contributed by atoms with van der Waals surface area (Å²) in [6.07, 6.45) is 1.93. The van der Waals surface area contributed by atoms with Crippen LogP contribution in [0.15, 0.2) is 46.8 Å². The molecule has 5 nitrogen and oxygen atoms in total. The lowest BCUT2D eigenvalue weighted by atomic mass is 9.75. The highest BCUT2D eigenvalue weighted by Gasteiger charge is 2.39. The number of allylic oxidation sites excluding steroid dienone is 3. The largest absolute Gasteiger partial charge is 0.460 e. The first-order valence-electron chi connectivity index (χ1n) is 9.27. The topological polar surface area (TPSA) is 64.6 Å². The molecule has 2 aliphatic rings. The summed E-state index contributed by atoms with van der Waals surface area (Å²) in [6, 6.07) is 6.06. The second-order valence-corrected chi connectivity index (χ2v) is 6.65. The van der Waals surface area contributed by atoms with Crippen LogP contribution in [0.1, 0.15) is 44.6 Å². The number of rotatable bonds is 6. The zero-order chi connectivity index (χ0) is 19.4. The van der Waals surface area contributed by atoms with Crippen LogP contribution >= 0.6 is 0 Å². The summed E-state index contributed by atoms with van der Waals surface area (Å²) in [6.45, 7) is 4.62. The Morgan fingerprint density at radius 1 is 1.30 bits per heavy atom. The monoisotopic (exact) mass is 373 g/mol. The average molecular weight is 373 g/mol. The van der Waals surface area contributed by atoms with Gasteiger partial charge in [0.15, 0.2) is 5.78 Å². The fourth-order valence-corrected chi connectivity index (χ4v) is 3.69. The van der Waals surface area contributed by atoms with E-state index in [1.807, 2.05) is 6.92 Å². The molecule has 1 aromatic carbocycles. The van der Waals surface area contributed by atoms with Crippen LogP contribution in [0, 0.1) is 5.82 Å². The third-order valence-electron chi connectivity index (χ3n) is 4.84. The molecule has 1 unspecified atom stereocenters. The molecule has 0 spiro atoms. The summed E-state index contributed by atoms with van der Waals surface area (Å²) in [4.78, 5) is 25.5. The number of dihydropyridines is 1. The van der Waals surface area contributed by atoms with Crippen LogP contribution in [0.25, 0.3) is 0 Å². The number of hydrogen-bond donors (Lipinski definition) is 1. The highest BCUT2D eigenvalue weighted by Crippen LogP contribution is 2.42. The average Bonchev–Trinajstić information content (AvgIpc) is 2.64. The van der Waals surface area contributed by atoms with Crippen molar-refractivity contribution in [2.75, 3.05) is 19.8 Å². The Hall–Kier alpha value is -2.47. The summed E-state index contributed by atoms with van der Waals surface area (Å²) in [7, 11) is 0. The summed E-state index contributed by atoms with van der Waals surface area (Å²) < 4.78 is 24.5. The van der Waals surface area contributed by atoms with E-state index < -0.39 is 17.7 Å². The number of esters is 1. The van der Waals surface area contributed by atoms with Gasteiger partial charge in [0.25, 0.3) is 0 Å². The van der Waals surface area contributed by atoms with Gasteiger partial charge in [-0.2, -0.15) is 0 Å². The number of hydrogen-bond acceptors (Lipinski definition) is 5. The van der Waals surface area contributed by atoms with Crippen LogP contribution in [0.4, 0.5) is 4.39 Å². The molecule has 0 aromatic heterocycles. The number of Topliss-reactive ketones (excluding diaryl/α,β-unsaturated/α-hetero) is 1. The van der Waals surface area contributed by atoms with Crippen molar-refractivity contribution in [1.82, 2.24) is 5.32 Å². The van der Waals surface area contributed by atoms with Gasteiger partial charge in [-0.25, -0.2) is 9.18 Å². The van der Waals surface area contributed by atoms with E-state index in [1.54, 1.807) is 19.1 Å². The second kappa shape index (κ2) is 8.48. The van der Waals surface area contributed by atoms with Gasteiger partial charge in [-0.15, -0.1) is 0 Å². The molecular formula is C21H24FNO4. The Morgan fingerprint density at radius 3 is 2.85 bits per heavy atom. The fraction of sp³-hybridized carbons (Fsp3) is 0.429. The van der Waals surface area contributed by atoms with Crippen LogP contribution < -0.4 is 5.32 Å². The predicted octanol–water partition coefficient (Wildman–Crippen LogP) is 3.37. The summed E-state index contributed by atoms with van der Waals surface area (Å²) in [5.41, 5.74) is 2.94. The van der Waals surface area contributed by atoms with E-state index in [2.05, 4.69) is 5.32 Å². The van der Waals surface area contributed by atoms with Gasteiger partial charge >= 0.3 is 5.97 Å². The van der Waals surface area contributed by atoms with E-state index in [1.165, 1.54) is 12.1 Å². The summed E-state index contributed by atoms with van der Waals surface area (Å²) in [5, 5.41) is 3.21. The van der Waals surface area contributed by atoms with Crippen molar-refractivity contribution in [2.45, 2.75) is 39.0 Å². The quantitative estimate of drug-likeness (QED) is 0.612. The fourth-order valence-electron chi connectivity index (χ4n) is 3.69. The molecule has 0 fully saturated rings. The van der Waals surface area contributed by atoms with Gasteiger partial charge in [0.2, 0.25) is 0 Å². The Kier molecular flexibility index (Phi) is 6.06. The summed E-state index contributed by atoms with van der Waals surface area (Å²) >= 11 is 0. The van der Waals surface area contributed by atoms with Gasteiger partial charge in [0.05, 0.1) is 12.2 Å². The molecule has 27 heavy (non-hydrogen) atoms. The van der Waals surface area contributed by atoms with E-state index in [0.717, 1.165) is 18.5 Å². The highest BCUT2D eigenvalue weighted by molar-refractivity contribution is 6.03. The molecule has 6 heteroatoms. The third kappa shape index (κ3) is 4.11. The molecule has 0 amide bonds. The Morgan fingerprint density at radius 2 is 2.11 bits per heavy atom. The minimum absolute atomic E-state index is 0.00914. The molecule has 1 aromatic rings. The van der Waals surface area contributed by atoms with Crippen molar-refractivity contribution < 1.29 is 23.5 Å². The maximum absolute atomic E-state index is 13.9. The van der Waals surface area contributed by atoms with E-state index in [-0.39, 0.29) is 12.4 Å². The van der Waals surface area contributed by atoms with Gasteiger partial charge in [0.1, 0.15) is 12.4 Å². The molecule has 1 aliphatic carbocycles. The molecule has 0 radical (unpaired) electrons. The Labute approximate surface area is 158 Å². The van der Waals surface area contributed by atoms with E-state index in [0.29, 0.717) is 42.0 Å². The van der Waals surface area contributed by atoms with Crippen molar-refractivity contribution in [2.24, 2.45) is 0 Å². The lowest BCUT2D eigenvalue weighted by Crippen LogP contribution is -2.34. The lowest BCUT2D eigenvalue weighted by molar-refractivity contribution is -0.140. The van der Waals surface area contributed by atoms with Crippen LogP contribution in [0.2, 0.25) is 0 Å². The van der Waals surface area contributed by atoms with Gasteiger partial charge in [-0.1, -0.05) is 12.1 Å². The van der Waals surface area contributed by atoms with Gasteiger partial charge in [-0.05, 0) is 44.4 Å². The van der Waals surface area contributed by atoms with E-state index >= 15 is 0 Å². The molecular weight excluding hydrogens is 349 g/mol. The summed E-state index contributed by atoms with van der Waals surface area (Å²) in [5.74, 6) is -1.55. The van der Waals surface area contributed by atoms with Gasteiger partial charge < -0.3 is 14.8 Å². The van der Waals surface area contributed by atoms with Gasteiger partial charge in [-0.3, -0.25) is 4.79 Å².